The Balaban J connectivity index is 1.77. The second-order valence-electron chi connectivity index (χ2n) is 9.37. The van der Waals surface area contributed by atoms with Crippen LogP contribution in [0.1, 0.15) is 71.3 Å². The fraction of sp³-hybridized carbons (Fsp3) is 0.652. The Labute approximate surface area is 157 Å². The quantitative estimate of drug-likeness (QED) is 0.556. The highest BCUT2D eigenvalue weighted by Gasteiger charge is 2.45. The van der Waals surface area contributed by atoms with Gasteiger partial charge in [0.05, 0.1) is 0 Å². The molecule has 5 atom stereocenters. The molecule has 0 N–H and O–H groups in total. The molecule has 0 heterocycles. The van der Waals surface area contributed by atoms with Gasteiger partial charge in [0.25, 0.3) is 0 Å². The third-order valence-corrected chi connectivity index (χ3v) is 6.37. The lowest BCUT2D eigenvalue weighted by molar-refractivity contribution is -0.164. The predicted octanol–water partition coefficient (Wildman–Crippen LogP) is 5.14. The SMILES string of the molecule is C[C@@H]1CC[C@@H](C(C)(C)C)[C@H](OC(=O)C2C(=O)CC[C@H]2c2ccccc2)C1. The first-order valence-corrected chi connectivity index (χ1v) is 10.1. The van der Waals surface area contributed by atoms with Crippen LogP contribution in [0.5, 0.6) is 0 Å². The first-order valence-electron chi connectivity index (χ1n) is 10.1. The van der Waals surface area contributed by atoms with E-state index in [2.05, 4.69) is 27.7 Å². The zero-order valence-corrected chi connectivity index (χ0v) is 16.5. The van der Waals surface area contributed by atoms with Gasteiger partial charge in [-0.15, -0.1) is 0 Å². The van der Waals surface area contributed by atoms with Gasteiger partial charge in [-0.2, -0.15) is 0 Å². The predicted molar refractivity (Wildman–Crippen MR) is 103 cm³/mol. The maximum Gasteiger partial charge on any atom is 0.317 e. The van der Waals surface area contributed by atoms with Gasteiger partial charge in [-0.3, -0.25) is 9.59 Å². The third kappa shape index (κ3) is 4.02. The van der Waals surface area contributed by atoms with Crippen molar-refractivity contribution in [2.45, 2.75) is 71.8 Å². The van der Waals surface area contributed by atoms with E-state index in [1.54, 1.807) is 0 Å². The van der Waals surface area contributed by atoms with Crippen LogP contribution in [0.2, 0.25) is 0 Å². The molecular weight excluding hydrogens is 324 g/mol. The van der Waals surface area contributed by atoms with E-state index < -0.39 is 5.92 Å². The Kier molecular flexibility index (Phi) is 5.55. The number of esters is 1. The van der Waals surface area contributed by atoms with Gasteiger partial charge in [0.15, 0.2) is 0 Å². The molecule has 3 rings (SSSR count). The molecule has 0 spiro atoms. The third-order valence-electron chi connectivity index (χ3n) is 6.37. The van der Waals surface area contributed by atoms with Crippen LogP contribution < -0.4 is 0 Å². The highest BCUT2D eigenvalue weighted by Crippen LogP contribution is 2.43. The van der Waals surface area contributed by atoms with E-state index in [9.17, 15) is 9.59 Å². The Morgan fingerprint density at radius 1 is 1.08 bits per heavy atom. The lowest BCUT2D eigenvalue weighted by atomic mass is 9.68. The molecule has 3 heteroatoms. The van der Waals surface area contributed by atoms with Crippen LogP contribution >= 0.6 is 0 Å². The Bertz CT molecular complexity index is 643. The lowest BCUT2D eigenvalue weighted by Crippen LogP contribution is -2.42. The van der Waals surface area contributed by atoms with Crippen molar-refractivity contribution in [3.8, 4) is 0 Å². The van der Waals surface area contributed by atoms with Crippen LogP contribution in [0.3, 0.4) is 0 Å². The minimum absolute atomic E-state index is 0.0368. The molecule has 2 aliphatic carbocycles. The largest absolute Gasteiger partial charge is 0.461 e. The molecule has 1 unspecified atom stereocenters. The maximum absolute atomic E-state index is 13.0. The average molecular weight is 357 g/mol. The minimum Gasteiger partial charge on any atom is -0.461 e. The van der Waals surface area contributed by atoms with Gasteiger partial charge in [-0.25, -0.2) is 0 Å². The Morgan fingerprint density at radius 3 is 2.42 bits per heavy atom. The topological polar surface area (TPSA) is 43.4 Å². The maximum atomic E-state index is 13.0. The summed E-state index contributed by atoms with van der Waals surface area (Å²) in [4.78, 5) is 25.5. The smallest absolute Gasteiger partial charge is 0.317 e. The van der Waals surface area contributed by atoms with Crippen LogP contribution in [0, 0.1) is 23.2 Å². The molecular formula is C23H32O3. The van der Waals surface area contributed by atoms with Gasteiger partial charge in [-0.1, -0.05) is 64.4 Å². The van der Waals surface area contributed by atoms with Crippen LogP contribution in [0.15, 0.2) is 30.3 Å². The first-order chi connectivity index (χ1) is 12.3. The molecule has 26 heavy (non-hydrogen) atoms. The standard InChI is InChI=1S/C23H32O3/c1-15-10-12-18(23(2,3)4)20(14-15)26-22(25)21-17(11-13-19(21)24)16-8-6-5-7-9-16/h5-9,15,17-18,20-21H,10-14H2,1-4H3/t15-,17+,18-,20-,21?/m1/s1. The number of carbonyl (C=O) groups excluding carboxylic acids is 2. The Hall–Kier alpha value is -1.64. The molecule has 1 aromatic rings. The summed E-state index contributed by atoms with van der Waals surface area (Å²) in [5.41, 5.74) is 1.17. The van der Waals surface area contributed by atoms with Crippen molar-refractivity contribution < 1.29 is 14.3 Å². The van der Waals surface area contributed by atoms with Gasteiger partial charge in [0.2, 0.25) is 0 Å². The number of hydrogen-bond acceptors (Lipinski definition) is 3. The molecule has 0 radical (unpaired) electrons. The molecule has 1 aromatic carbocycles. The summed E-state index contributed by atoms with van der Waals surface area (Å²) in [7, 11) is 0. The number of hydrogen-bond donors (Lipinski definition) is 0. The number of ketones is 1. The zero-order valence-electron chi connectivity index (χ0n) is 16.5. The van der Waals surface area contributed by atoms with Crippen molar-refractivity contribution in [1.29, 1.82) is 0 Å². The van der Waals surface area contributed by atoms with Gasteiger partial charge in [0.1, 0.15) is 17.8 Å². The van der Waals surface area contributed by atoms with Crippen molar-refractivity contribution in [3.05, 3.63) is 35.9 Å². The van der Waals surface area contributed by atoms with E-state index >= 15 is 0 Å². The summed E-state index contributed by atoms with van der Waals surface area (Å²) in [6.07, 6.45) is 4.32. The molecule has 0 saturated heterocycles. The number of carbonyl (C=O) groups is 2. The van der Waals surface area contributed by atoms with E-state index in [0.29, 0.717) is 18.3 Å². The molecule has 2 fully saturated rings. The summed E-state index contributed by atoms with van der Waals surface area (Å²) < 4.78 is 6.05. The minimum atomic E-state index is -0.629. The highest BCUT2D eigenvalue weighted by molar-refractivity contribution is 6.01. The van der Waals surface area contributed by atoms with Crippen LogP contribution in [0.25, 0.3) is 0 Å². The summed E-state index contributed by atoms with van der Waals surface area (Å²) in [6, 6.07) is 9.94. The normalized spacial score (nSPS) is 32.5. The van der Waals surface area contributed by atoms with E-state index in [-0.39, 0.29) is 29.2 Å². The summed E-state index contributed by atoms with van der Waals surface area (Å²) >= 11 is 0. The van der Waals surface area contributed by atoms with Crippen molar-refractivity contribution in [2.24, 2.45) is 23.2 Å². The van der Waals surface area contributed by atoms with E-state index in [1.807, 2.05) is 30.3 Å². The number of benzene rings is 1. The fourth-order valence-corrected chi connectivity index (χ4v) is 4.87. The lowest BCUT2D eigenvalue weighted by Gasteiger charge is -2.42. The van der Waals surface area contributed by atoms with Crippen molar-refractivity contribution in [2.75, 3.05) is 0 Å². The van der Waals surface area contributed by atoms with Gasteiger partial charge in [0, 0.05) is 18.3 Å². The molecule has 0 amide bonds. The van der Waals surface area contributed by atoms with Crippen LogP contribution in [0.4, 0.5) is 0 Å². The summed E-state index contributed by atoms with van der Waals surface area (Å²) in [6.45, 7) is 8.90. The van der Waals surface area contributed by atoms with Crippen molar-refractivity contribution >= 4 is 11.8 Å². The number of Topliss-reactive ketones (excluding diaryl/α,β-unsaturated/α-hetero) is 1. The van der Waals surface area contributed by atoms with Crippen LogP contribution in [-0.2, 0) is 14.3 Å². The fourth-order valence-electron chi connectivity index (χ4n) is 4.87. The van der Waals surface area contributed by atoms with Crippen LogP contribution in [-0.4, -0.2) is 17.9 Å². The van der Waals surface area contributed by atoms with Gasteiger partial charge >= 0.3 is 5.97 Å². The van der Waals surface area contributed by atoms with Crippen molar-refractivity contribution in [1.82, 2.24) is 0 Å². The summed E-state index contributed by atoms with van der Waals surface area (Å²) in [5.74, 6) is 0.000190. The zero-order chi connectivity index (χ0) is 18.9. The molecule has 0 aromatic heterocycles. The van der Waals surface area contributed by atoms with Gasteiger partial charge < -0.3 is 4.74 Å². The second kappa shape index (κ2) is 7.54. The van der Waals surface area contributed by atoms with Crippen molar-refractivity contribution in [3.63, 3.8) is 0 Å². The van der Waals surface area contributed by atoms with E-state index in [4.69, 9.17) is 4.74 Å². The molecule has 0 bridgehead atoms. The summed E-state index contributed by atoms with van der Waals surface area (Å²) in [5, 5.41) is 0. The molecule has 3 nitrogen and oxygen atoms in total. The number of rotatable bonds is 3. The Morgan fingerprint density at radius 2 is 1.77 bits per heavy atom. The second-order valence-corrected chi connectivity index (χ2v) is 9.37. The molecule has 2 saturated carbocycles. The van der Waals surface area contributed by atoms with Gasteiger partial charge in [-0.05, 0) is 36.2 Å². The number of ether oxygens (including phenoxy) is 1. The van der Waals surface area contributed by atoms with E-state index in [0.717, 1.165) is 24.8 Å². The monoisotopic (exact) mass is 356 g/mol. The first kappa shape index (κ1) is 19.1. The van der Waals surface area contributed by atoms with E-state index in [1.165, 1.54) is 6.42 Å². The molecule has 2 aliphatic rings. The average Bonchev–Trinajstić information content (AvgIpc) is 2.96. The molecule has 142 valence electrons. The highest BCUT2D eigenvalue weighted by atomic mass is 16.5. The molecule has 0 aliphatic heterocycles.